The molecule has 0 aromatic carbocycles. The Morgan fingerprint density at radius 2 is 0.818 bits per heavy atom. The molecule has 0 saturated heterocycles. The fourth-order valence-corrected chi connectivity index (χ4v) is 2.83. The van der Waals surface area contributed by atoms with E-state index in [1.165, 1.54) is 77.0 Å². The second-order valence-corrected chi connectivity index (χ2v) is 6.44. The van der Waals surface area contributed by atoms with E-state index in [2.05, 4.69) is 0 Å². The average Bonchev–Trinajstić information content (AvgIpc) is 2.50. The fraction of sp³-hybridized carbons (Fsp3) is 1.00. The molecule has 0 rings (SSSR count). The number of hydrogen-bond donors (Lipinski definition) is 1. The highest BCUT2D eigenvalue weighted by molar-refractivity contribution is 4.50. The van der Waals surface area contributed by atoms with Crippen molar-refractivity contribution in [2.75, 3.05) is 13.2 Å². The van der Waals surface area contributed by atoms with Crippen molar-refractivity contribution in [2.45, 2.75) is 103 Å². The van der Waals surface area contributed by atoms with Gasteiger partial charge in [-0.3, -0.25) is 10.1 Å². The summed E-state index contributed by atoms with van der Waals surface area (Å²) in [7, 11) is 0. The molecule has 0 heterocycles. The summed E-state index contributed by atoms with van der Waals surface area (Å²) in [4.78, 5) is 9.94. The van der Waals surface area contributed by atoms with Crippen molar-refractivity contribution in [3.8, 4) is 0 Å². The largest absolute Gasteiger partial charge is 0.396 e. The molecule has 0 unspecified atom stereocenters. The van der Waals surface area contributed by atoms with Gasteiger partial charge in [0.05, 0.1) is 0 Å². The van der Waals surface area contributed by atoms with E-state index in [-0.39, 0.29) is 11.5 Å². The maximum atomic E-state index is 10.2. The number of hydrogen-bond acceptors (Lipinski definition) is 3. The summed E-state index contributed by atoms with van der Waals surface area (Å²) >= 11 is 0. The predicted molar refractivity (Wildman–Crippen MR) is 92.8 cm³/mol. The van der Waals surface area contributed by atoms with E-state index in [1.54, 1.807) is 0 Å². The number of nitro groups is 1. The lowest BCUT2D eigenvalue weighted by molar-refractivity contribution is -0.480. The summed E-state index contributed by atoms with van der Waals surface area (Å²) in [6.45, 7) is 0.486. The van der Waals surface area contributed by atoms with E-state index in [9.17, 15) is 10.1 Å². The topological polar surface area (TPSA) is 63.4 Å². The van der Waals surface area contributed by atoms with Crippen molar-refractivity contribution >= 4 is 0 Å². The minimum absolute atomic E-state index is 0.140. The van der Waals surface area contributed by atoms with Crippen LogP contribution in [0.5, 0.6) is 0 Å². The smallest absolute Gasteiger partial charge is 0.203 e. The molecule has 22 heavy (non-hydrogen) atoms. The molecule has 0 saturated carbocycles. The normalized spacial score (nSPS) is 11.0. The Kier molecular flexibility index (Phi) is 17.9. The van der Waals surface area contributed by atoms with Gasteiger partial charge in [0.2, 0.25) is 6.54 Å². The summed E-state index contributed by atoms with van der Waals surface area (Å²) in [6.07, 6.45) is 19.7. The molecule has 1 N–H and O–H groups in total. The van der Waals surface area contributed by atoms with Crippen molar-refractivity contribution in [3.63, 3.8) is 0 Å². The van der Waals surface area contributed by atoms with Gasteiger partial charge in [-0.2, -0.15) is 0 Å². The van der Waals surface area contributed by atoms with E-state index in [0.29, 0.717) is 6.61 Å². The third-order valence-electron chi connectivity index (χ3n) is 4.25. The summed E-state index contributed by atoms with van der Waals surface area (Å²) in [6, 6.07) is 0. The Balaban J connectivity index is 2.95. The van der Waals surface area contributed by atoms with Gasteiger partial charge in [-0.25, -0.2) is 0 Å². The molecule has 4 heteroatoms. The van der Waals surface area contributed by atoms with E-state index in [1.807, 2.05) is 0 Å². The molecule has 0 aromatic rings. The van der Waals surface area contributed by atoms with Crippen LogP contribution in [0.15, 0.2) is 0 Å². The van der Waals surface area contributed by atoms with Gasteiger partial charge in [-0.1, -0.05) is 83.5 Å². The van der Waals surface area contributed by atoms with Gasteiger partial charge in [-0.15, -0.1) is 0 Å². The van der Waals surface area contributed by atoms with Crippen LogP contribution < -0.4 is 0 Å². The first-order valence-electron chi connectivity index (χ1n) is 9.50. The van der Waals surface area contributed by atoms with E-state index >= 15 is 0 Å². The van der Waals surface area contributed by atoms with Crippen LogP contribution in [0.3, 0.4) is 0 Å². The third kappa shape index (κ3) is 19.4. The van der Waals surface area contributed by atoms with Crippen molar-refractivity contribution in [1.29, 1.82) is 0 Å². The standard InChI is InChI=1S/C18H37NO3/c20-18-16-14-12-10-8-6-4-2-1-3-5-7-9-11-13-15-17-19(21)22/h20H,1-18H2. The quantitative estimate of drug-likeness (QED) is 0.206. The first-order valence-corrected chi connectivity index (χ1v) is 9.50. The monoisotopic (exact) mass is 315 g/mol. The average molecular weight is 315 g/mol. The van der Waals surface area contributed by atoms with E-state index < -0.39 is 0 Å². The van der Waals surface area contributed by atoms with Crippen LogP contribution in [0.4, 0.5) is 0 Å². The molecular weight excluding hydrogens is 278 g/mol. The number of rotatable bonds is 18. The molecular formula is C18H37NO3. The van der Waals surface area contributed by atoms with Gasteiger partial charge in [0.1, 0.15) is 0 Å². The highest BCUT2D eigenvalue weighted by Crippen LogP contribution is 2.13. The zero-order valence-corrected chi connectivity index (χ0v) is 14.4. The molecule has 0 bridgehead atoms. The van der Waals surface area contributed by atoms with Crippen LogP contribution in [0, 0.1) is 10.1 Å². The highest BCUT2D eigenvalue weighted by Gasteiger charge is 1.97. The lowest BCUT2D eigenvalue weighted by atomic mass is 10.0. The van der Waals surface area contributed by atoms with Crippen molar-refractivity contribution in [1.82, 2.24) is 0 Å². The number of nitrogens with zero attached hydrogens (tertiary/aromatic N) is 1. The van der Waals surface area contributed by atoms with E-state index in [0.717, 1.165) is 25.7 Å². The molecule has 0 spiro atoms. The van der Waals surface area contributed by atoms with Crippen molar-refractivity contribution < 1.29 is 10.0 Å². The first kappa shape index (κ1) is 21.4. The zero-order chi connectivity index (χ0) is 16.3. The highest BCUT2D eigenvalue weighted by atomic mass is 16.6. The maximum Gasteiger partial charge on any atom is 0.203 e. The minimum Gasteiger partial charge on any atom is -0.396 e. The second kappa shape index (κ2) is 18.4. The Bertz CT molecular complexity index is 234. The molecule has 0 radical (unpaired) electrons. The number of aliphatic hydroxyl groups excluding tert-OH is 1. The maximum absolute atomic E-state index is 10.2. The van der Waals surface area contributed by atoms with Crippen molar-refractivity contribution in [2.24, 2.45) is 0 Å². The summed E-state index contributed by atoms with van der Waals surface area (Å²) in [5, 5.41) is 18.8. The SMILES string of the molecule is O=[N+]([O-])CCCCCCCCCCCCCCCCCCO. The predicted octanol–water partition coefficient (Wildman–Crippen LogP) is 5.50. The van der Waals surface area contributed by atoms with Gasteiger partial charge in [-0.05, 0) is 12.8 Å². The summed E-state index contributed by atoms with van der Waals surface area (Å²) in [5.74, 6) is 0. The molecule has 0 aliphatic heterocycles. The Labute approximate surface area is 136 Å². The first-order chi connectivity index (χ1) is 10.8. The number of unbranched alkanes of at least 4 members (excludes halogenated alkanes) is 15. The molecule has 0 amide bonds. The van der Waals surface area contributed by atoms with Gasteiger partial charge >= 0.3 is 0 Å². The Morgan fingerprint density at radius 3 is 1.09 bits per heavy atom. The molecule has 0 aliphatic rings. The van der Waals surface area contributed by atoms with Crippen LogP contribution in [0.2, 0.25) is 0 Å². The van der Waals surface area contributed by atoms with Crippen molar-refractivity contribution in [3.05, 3.63) is 10.1 Å². The molecule has 0 fully saturated rings. The van der Waals surface area contributed by atoms with Crippen LogP contribution in [-0.4, -0.2) is 23.2 Å². The fourth-order valence-electron chi connectivity index (χ4n) is 2.83. The third-order valence-corrected chi connectivity index (χ3v) is 4.25. The zero-order valence-electron chi connectivity index (χ0n) is 14.4. The van der Waals surface area contributed by atoms with Crippen LogP contribution >= 0.6 is 0 Å². The Hall–Kier alpha value is -0.640. The molecule has 0 aliphatic carbocycles. The Morgan fingerprint density at radius 1 is 0.545 bits per heavy atom. The van der Waals surface area contributed by atoms with Crippen LogP contribution in [0.25, 0.3) is 0 Å². The lowest BCUT2D eigenvalue weighted by Crippen LogP contribution is -1.99. The molecule has 0 atom stereocenters. The van der Waals surface area contributed by atoms with Crippen LogP contribution in [-0.2, 0) is 0 Å². The molecule has 132 valence electrons. The summed E-state index contributed by atoms with van der Waals surface area (Å²) < 4.78 is 0. The van der Waals surface area contributed by atoms with Gasteiger partial charge in [0.25, 0.3) is 0 Å². The molecule has 0 aromatic heterocycles. The minimum atomic E-state index is -0.213. The summed E-state index contributed by atoms with van der Waals surface area (Å²) in [5.41, 5.74) is 0. The van der Waals surface area contributed by atoms with E-state index in [4.69, 9.17) is 5.11 Å². The van der Waals surface area contributed by atoms with Gasteiger partial charge in [0.15, 0.2) is 0 Å². The van der Waals surface area contributed by atoms with Crippen LogP contribution in [0.1, 0.15) is 103 Å². The lowest BCUT2D eigenvalue weighted by Gasteiger charge is -2.03. The molecule has 4 nitrogen and oxygen atoms in total. The van der Waals surface area contributed by atoms with Gasteiger partial charge in [0, 0.05) is 18.0 Å². The van der Waals surface area contributed by atoms with Gasteiger partial charge < -0.3 is 5.11 Å². The second-order valence-electron chi connectivity index (χ2n) is 6.44. The number of aliphatic hydroxyl groups is 1.